The van der Waals surface area contributed by atoms with Gasteiger partial charge >= 0.3 is 0 Å². The van der Waals surface area contributed by atoms with Gasteiger partial charge in [0.15, 0.2) is 0 Å². The van der Waals surface area contributed by atoms with E-state index in [2.05, 4.69) is 25.7 Å². The van der Waals surface area contributed by atoms with Crippen LogP contribution < -0.4 is 0 Å². The molecule has 1 aliphatic heterocycles. The number of rotatable bonds is 4. The molecule has 0 aliphatic carbocycles. The van der Waals surface area contributed by atoms with Gasteiger partial charge in [-0.05, 0) is 31.7 Å². The van der Waals surface area contributed by atoms with Gasteiger partial charge in [0.05, 0.1) is 0 Å². The fraction of sp³-hybridized carbons (Fsp3) is 1.00. The van der Waals surface area contributed by atoms with Crippen LogP contribution in [-0.2, 0) is 0 Å². The van der Waals surface area contributed by atoms with Crippen molar-refractivity contribution in [2.24, 2.45) is 5.92 Å². The van der Waals surface area contributed by atoms with E-state index in [-0.39, 0.29) is 0 Å². The Morgan fingerprint density at radius 2 is 2.17 bits per heavy atom. The molecule has 12 heavy (non-hydrogen) atoms. The van der Waals surface area contributed by atoms with Crippen molar-refractivity contribution in [3.63, 3.8) is 0 Å². The second-order valence-corrected chi connectivity index (χ2v) is 4.47. The standard InChI is InChI=1S/C11H23N/c1-4-6-11-7-5-8-12(11)9-10(2)3/h10-11H,4-9H2,1-3H3/t11-/m1/s1. The van der Waals surface area contributed by atoms with E-state index < -0.39 is 0 Å². The fourth-order valence-electron chi connectivity index (χ4n) is 2.26. The molecule has 1 heteroatoms. The quantitative estimate of drug-likeness (QED) is 0.625. The van der Waals surface area contributed by atoms with Gasteiger partial charge in [-0.15, -0.1) is 0 Å². The van der Waals surface area contributed by atoms with E-state index in [1.54, 1.807) is 0 Å². The van der Waals surface area contributed by atoms with Gasteiger partial charge in [0.1, 0.15) is 0 Å². The highest BCUT2D eigenvalue weighted by Gasteiger charge is 2.23. The van der Waals surface area contributed by atoms with E-state index >= 15 is 0 Å². The van der Waals surface area contributed by atoms with Gasteiger partial charge in [-0.3, -0.25) is 0 Å². The third-order valence-corrected chi connectivity index (χ3v) is 2.72. The van der Waals surface area contributed by atoms with Crippen LogP contribution in [0.15, 0.2) is 0 Å². The van der Waals surface area contributed by atoms with Gasteiger partial charge in [0.25, 0.3) is 0 Å². The molecular weight excluding hydrogens is 146 g/mol. The van der Waals surface area contributed by atoms with Crippen LogP contribution in [0.25, 0.3) is 0 Å². The Kier molecular flexibility index (Phi) is 4.07. The zero-order chi connectivity index (χ0) is 8.97. The molecule has 1 fully saturated rings. The van der Waals surface area contributed by atoms with Crippen LogP contribution >= 0.6 is 0 Å². The van der Waals surface area contributed by atoms with Gasteiger partial charge in [-0.2, -0.15) is 0 Å². The summed E-state index contributed by atoms with van der Waals surface area (Å²) in [5, 5.41) is 0. The molecule has 0 unspecified atom stereocenters. The number of nitrogens with zero attached hydrogens (tertiary/aromatic N) is 1. The van der Waals surface area contributed by atoms with E-state index in [1.807, 2.05) is 0 Å². The molecule has 0 aromatic carbocycles. The summed E-state index contributed by atoms with van der Waals surface area (Å²) in [5.74, 6) is 0.836. The molecule has 1 nitrogen and oxygen atoms in total. The monoisotopic (exact) mass is 169 g/mol. The molecule has 0 N–H and O–H groups in total. The lowest BCUT2D eigenvalue weighted by molar-refractivity contribution is 0.216. The van der Waals surface area contributed by atoms with Crippen molar-refractivity contribution in [3.05, 3.63) is 0 Å². The zero-order valence-corrected chi connectivity index (χ0v) is 8.84. The first-order valence-corrected chi connectivity index (χ1v) is 5.48. The van der Waals surface area contributed by atoms with Crippen LogP contribution in [0.5, 0.6) is 0 Å². The summed E-state index contributed by atoms with van der Waals surface area (Å²) < 4.78 is 0. The van der Waals surface area contributed by atoms with Gasteiger partial charge in [0, 0.05) is 12.6 Å². The average Bonchev–Trinajstić information content (AvgIpc) is 2.37. The predicted molar refractivity (Wildman–Crippen MR) is 54.3 cm³/mol. The lowest BCUT2D eigenvalue weighted by Gasteiger charge is -2.25. The van der Waals surface area contributed by atoms with E-state index in [4.69, 9.17) is 0 Å². The summed E-state index contributed by atoms with van der Waals surface area (Å²) in [4.78, 5) is 2.69. The SMILES string of the molecule is CCC[C@@H]1CCCN1CC(C)C. The molecule has 0 amide bonds. The minimum Gasteiger partial charge on any atom is -0.300 e. The van der Waals surface area contributed by atoms with Crippen molar-refractivity contribution < 1.29 is 0 Å². The summed E-state index contributed by atoms with van der Waals surface area (Å²) in [7, 11) is 0. The normalized spacial score (nSPS) is 25.5. The van der Waals surface area contributed by atoms with Crippen molar-refractivity contribution in [1.29, 1.82) is 0 Å². The maximum atomic E-state index is 2.69. The molecule has 1 rings (SSSR count). The average molecular weight is 169 g/mol. The molecule has 0 bridgehead atoms. The maximum absolute atomic E-state index is 2.69. The largest absolute Gasteiger partial charge is 0.300 e. The second kappa shape index (κ2) is 4.86. The first-order chi connectivity index (χ1) is 5.74. The number of hydrogen-bond donors (Lipinski definition) is 0. The fourth-order valence-corrected chi connectivity index (χ4v) is 2.26. The highest BCUT2D eigenvalue weighted by molar-refractivity contribution is 4.79. The molecule has 0 aromatic rings. The first-order valence-electron chi connectivity index (χ1n) is 5.48. The van der Waals surface area contributed by atoms with E-state index in [1.165, 1.54) is 38.8 Å². The van der Waals surface area contributed by atoms with Gasteiger partial charge in [0.2, 0.25) is 0 Å². The molecule has 1 heterocycles. The summed E-state index contributed by atoms with van der Waals surface area (Å²) in [5.41, 5.74) is 0. The molecule has 1 atom stereocenters. The molecule has 1 aliphatic rings. The Morgan fingerprint density at radius 3 is 2.75 bits per heavy atom. The van der Waals surface area contributed by atoms with Crippen LogP contribution in [0.3, 0.4) is 0 Å². The van der Waals surface area contributed by atoms with Crippen molar-refractivity contribution >= 4 is 0 Å². The summed E-state index contributed by atoms with van der Waals surface area (Å²) in [6, 6.07) is 0.914. The topological polar surface area (TPSA) is 3.24 Å². The number of likely N-dealkylation sites (tertiary alicyclic amines) is 1. The zero-order valence-electron chi connectivity index (χ0n) is 8.84. The van der Waals surface area contributed by atoms with Gasteiger partial charge < -0.3 is 4.90 Å². The van der Waals surface area contributed by atoms with Gasteiger partial charge in [-0.1, -0.05) is 27.2 Å². The predicted octanol–water partition coefficient (Wildman–Crippen LogP) is 2.91. The molecule has 0 aromatic heterocycles. The first kappa shape index (κ1) is 10.0. The second-order valence-electron chi connectivity index (χ2n) is 4.47. The highest BCUT2D eigenvalue weighted by atomic mass is 15.2. The van der Waals surface area contributed by atoms with E-state index in [0.717, 1.165) is 12.0 Å². The summed E-state index contributed by atoms with van der Waals surface area (Å²) >= 11 is 0. The lowest BCUT2D eigenvalue weighted by Crippen LogP contribution is -2.32. The Hall–Kier alpha value is -0.0400. The Balaban J connectivity index is 2.30. The Bertz CT molecular complexity index is 120. The summed E-state index contributed by atoms with van der Waals surface area (Å²) in [6.45, 7) is 9.60. The smallest absolute Gasteiger partial charge is 0.00957 e. The van der Waals surface area contributed by atoms with Crippen molar-refractivity contribution in [2.45, 2.75) is 52.5 Å². The van der Waals surface area contributed by atoms with Crippen LogP contribution in [-0.4, -0.2) is 24.0 Å². The van der Waals surface area contributed by atoms with Crippen LogP contribution in [0, 0.1) is 5.92 Å². The molecule has 0 radical (unpaired) electrons. The van der Waals surface area contributed by atoms with Crippen LogP contribution in [0.1, 0.15) is 46.5 Å². The molecule has 1 saturated heterocycles. The van der Waals surface area contributed by atoms with Crippen molar-refractivity contribution in [1.82, 2.24) is 4.90 Å². The van der Waals surface area contributed by atoms with Crippen molar-refractivity contribution in [3.8, 4) is 0 Å². The van der Waals surface area contributed by atoms with Crippen molar-refractivity contribution in [2.75, 3.05) is 13.1 Å². The van der Waals surface area contributed by atoms with Crippen LogP contribution in [0.2, 0.25) is 0 Å². The third-order valence-electron chi connectivity index (χ3n) is 2.72. The Labute approximate surface area is 77.1 Å². The minimum absolute atomic E-state index is 0.836. The summed E-state index contributed by atoms with van der Waals surface area (Å²) in [6.07, 6.45) is 5.63. The van der Waals surface area contributed by atoms with Gasteiger partial charge in [-0.25, -0.2) is 0 Å². The molecular formula is C11H23N. The van der Waals surface area contributed by atoms with E-state index in [0.29, 0.717) is 0 Å². The minimum atomic E-state index is 0.836. The molecule has 0 saturated carbocycles. The third kappa shape index (κ3) is 2.78. The number of hydrogen-bond acceptors (Lipinski definition) is 1. The van der Waals surface area contributed by atoms with E-state index in [9.17, 15) is 0 Å². The molecule has 72 valence electrons. The van der Waals surface area contributed by atoms with Crippen LogP contribution in [0.4, 0.5) is 0 Å². The maximum Gasteiger partial charge on any atom is 0.00957 e. The lowest BCUT2D eigenvalue weighted by atomic mass is 10.1. The molecule has 0 spiro atoms. The Morgan fingerprint density at radius 1 is 1.42 bits per heavy atom. The highest BCUT2D eigenvalue weighted by Crippen LogP contribution is 2.21.